The van der Waals surface area contributed by atoms with Crippen LogP contribution in [0.1, 0.15) is 35.8 Å². The molecule has 4 rings (SSSR count). The quantitative estimate of drug-likeness (QED) is 0.440. The molecule has 172 valence electrons. The molecule has 0 bridgehead atoms. The van der Waals surface area contributed by atoms with E-state index >= 15 is 0 Å². The smallest absolute Gasteiger partial charge is 0.325 e. The Morgan fingerprint density at radius 3 is 2.67 bits per heavy atom. The van der Waals surface area contributed by atoms with Crippen molar-refractivity contribution in [3.05, 3.63) is 64.4 Å². The van der Waals surface area contributed by atoms with Gasteiger partial charge < -0.3 is 10.1 Å². The van der Waals surface area contributed by atoms with Gasteiger partial charge >= 0.3 is 6.03 Å². The number of aryl methyl sites for hydroxylation is 2. The molecule has 1 aromatic heterocycles. The Morgan fingerprint density at radius 1 is 1.15 bits per heavy atom. The van der Waals surface area contributed by atoms with E-state index in [9.17, 15) is 9.59 Å². The lowest BCUT2D eigenvalue weighted by molar-refractivity contribution is -0.117. The molecule has 1 fully saturated rings. The number of thioether (sulfide) groups is 1. The zero-order valence-electron chi connectivity index (χ0n) is 18.3. The first-order chi connectivity index (χ1) is 15.9. The summed E-state index contributed by atoms with van der Waals surface area (Å²) in [4.78, 5) is 24.5. The van der Waals surface area contributed by atoms with Crippen molar-refractivity contribution >= 4 is 41.0 Å². The number of amides is 3. The molecule has 3 aromatic rings. The van der Waals surface area contributed by atoms with Gasteiger partial charge in [-0.05, 0) is 62.1 Å². The Morgan fingerprint density at radius 2 is 1.94 bits per heavy atom. The molecule has 0 unspecified atom stereocenters. The largest absolute Gasteiger partial charge is 0.484 e. The maximum absolute atomic E-state index is 12.3. The number of benzene rings is 2. The van der Waals surface area contributed by atoms with Crippen molar-refractivity contribution in [3.63, 3.8) is 0 Å². The van der Waals surface area contributed by atoms with Gasteiger partial charge in [0.1, 0.15) is 12.4 Å². The molecule has 3 amide bonds. The number of hydrogen-bond donors (Lipinski definition) is 2. The summed E-state index contributed by atoms with van der Waals surface area (Å²) in [5.41, 5.74) is 2.82. The van der Waals surface area contributed by atoms with Gasteiger partial charge in [-0.1, -0.05) is 41.6 Å². The van der Waals surface area contributed by atoms with Gasteiger partial charge in [0.15, 0.2) is 11.0 Å². The first-order valence-corrected chi connectivity index (χ1v) is 11.9. The van der Waals surface area contributed by atoms with Crippen LogP contribution >= 0.6 is 23.4 Å². The molecule has 0 aliphatic heterocycles. The fourth-order valence-electron chi connectivity index (χ4n) is 3.18. The van der Waals surface area contributed by atoms with E-state index in [2.05, 4.69) is 20.8 Å². The van der Waals surface area contributed by atoms with Crippen LogP contribution in [0.5, 0.6) is 5.75 Å². The summed E-state index contributed by atoms with van der Waals surface area (Å²) >= 11 is 7.39. The van der Waals surface area contributed by atoms with Crippen molar-refractivity contribution in [1.82, 2.24) is 20.1 Å². The second-order valence-electron chi connectivity index (χ2n) is 7.81. The van der Waals surface area contributed by atoms with E-state index in [0.717, 1.165) is 24.0 Å². The molecule has 1 saturated carbocycles. The lowest BCUT2D eigenvalue weighted by Crippen LogP contribution is -2.35. The second-order valence-corrected chi connectivity index (χ2v) is 9.16. The van der Waals surface area contributed by atoms with Crippen LogP contribution in [0.15, 0.2) is 47.6 Å². The molecule has 1 aliphatic rings. The molecule has 8 nitrogen and oxygen atoms in total. The predicted molar refractivity (Wildman–Crippen MR) is 128 cm³/mol. The zero-order chi connectivity index (χ0) is 23.4. The van der Waals surface area contributed by atoms with Crippen LogP contribution in [-0.2, 0) is 11.4 Å². The summed E-state index contributed by atoms with van der Waals surface area (Å²) in [5, 5.41) is 14.7. The van der Waals surface area contributed by atoms with Crippen molar-refractivity contribution < 1.29 is 14.3 Å². The number of anilines is 1. The second kappa shape index (κ2) is 10.3. The molecule has 2 N–H and O–H groups in total. The Labute approximate surface area is 201 Å². The van der Waals surface area contributed by atoms with Crippen LogP contribution in [0.3, 0.4) is 0 Å². The summed E-state index contributed by atoms with van der Waals surface area (Å²) < 4.78 is 7.81. The van der Waals surface area contributed by atoms with Gasteiger partial charge in [-0.2, -0.15) is 0 Å². The number of rotatable bonds is 8. The maximum atomic E-state index is 12.3. The molecular weight excluding hydrogens is 462 g/mol. The summed E-state index contributed by atoms with van der Waals surface area (Å²) in [5.74, 6) is 0.873. The van der Waals surface area contributed by atoms with Crippen LogP contribution in [-0.4, -0.2) is 32.5 Å². The number of para-hydroxylation sites is 1. The van der Waals surface area contributed by atoms with E-state index in [1.54, 1.807) is 18.2 Å². The Kier molecular flexibility index (Phi) is 7.20. The predicted octanol–water partition coefficient (Wildman–Crippen LogP) is 4.90. The number of imide groups is 1. The van der Waals surface area contributed by atoms with E-state index in [-0.39, 0.29) is 12.4 Å². The van der Waals surface area contributed by atoms with Crippen LogP contribution in [0, 0.1) is 13.8 Å². The summed E-state index contributed by atoms with van der Waals surface area (Å²) in [6.07, 6.45) is 2.05. The number of carbonyl (C=O) groups is 2. The topological polar surface area (TPSA) is 98.1 Å². The van der Waals surface area contributed by atoms with E-state index in [1.165, 1.54) is 11.8 Å². The van der Waals surface area contributed by atoms with E-state index in [0.29, 0.717) is 33.5 Å². The number of hydrogen-bond acceptors (Lipinski definition) is 6. The van der Waals surface area contributed by atoms with E-state index in [4.69, 9.17) is 16.3 Å². The number of nitrogens with zero attached hydrogens (tertiary/aromatic N) is 3. The molecule has 1 aliphatic carbocycles. The minimum absolute atomic E-state index is 0.0383. The summed E-state index contributed by atoms with van der Waals surface area (Å²) in [7, 11) is 0. The first kappa shape index (κ1) is 23.1. The third-order valence-electron chi connectivity index (χ3n) is 5.19. The average Bonchev–Trinajstić information content (AvgIpc) is 3.54. The summed E-state index contributed by atoms with van der Waals surface area (Å²) in [6, 6.07) is 12.5. The number of ether oxygens (including phenoxy) is 1. The van der Waals surface area contributed by atoms with Gasteiger partial charge in [-0.15, -0.1) is 10.2 Å². The lowest BCUT2D eigenvalue weighted by Gasteiger charge is -2.11. The third kappa shape index (κ3) is 6.06. The monoisotopic (exact) mass is 485 g/mol. The van der Waals surface area contributed by atoms with Crippen LogP contribution in [0.25, 0.3) is 0 Å². The molecule has 1 heterocycles. The number of carbonyl (C=O) groups excluding carboxylic acids is 2. The molecule has 0 radical (unpaired) electrons. The third-order valence-corrected chi connectivity index (χ3v) is 6.45. The van der Waals surface area contributed by atoms with Crippen molar-refractivity contribution in [1.29, 1.82) is 0 Å². The minimum Gasteiger partial charge on any atom is -0.484 e. The maximum Gasteiger partial charge on any atom is 0.325 e. The molecule has 2 aromatic carbocycles. The van der Waals surface area contributed by atoms with Crippen LogP contribution in [0.2, 0.25) is 5.02 Å². The van der Waals surface area contributed by atoms with Gasteiger partial charge in [0.2, 0.25) is 5.91 Å². The van der Waals surface area contributed by atoms with Gasteiger partial charge in [0.25, 0.3) is 0 Å². The lowest BCUT2D eigenvalue weighted by atomic mass is 10.1. The van der Waals surface area contributed by atoms with E-state index < -0.39 is 11.9 Å². The normalized spacial score (nSPS) is 12.9. The average molecular weight is 486 g/mol. The van der Waals surface area contributed by atoms with Gasteiger partial charge in [-0.25, -0.2) is 4.79 Å². The number of aromatic nitrogens is 3. The Hall–Kier alpha value is -3.04. The zero-order valence-corrected chi connectivity index (χ0v) is 19.9. The highest BCUT2D eigenvalue weighted by molar-refractivity contribution is 7.99. The first-order valence-electron chi connectivity index (χ1n) is 10.5. The van der Waals surface area contributed by atoms with Crippen molar-refractivity contribution in [2.75, 3.05) is 11.1 Å². The molecule has 0 atom stereocenters. The van der Waals surface area contributed by atoms with Gasteiger partial charge in [0.05, 0.1) is 10.8 Å². The molecular formula is C23H24ClN5O3S. The Bertz CT molecular complexity index is 1180. The highest BCUT2D eigenvalue weighted by atomic mass is 35.5. The standard InChI is InChI=1S/C23H24ClN5O3S/c1-14-7-8-16(11-15(14)2)25-22(31)26-21(30)13-33-23-28-27-20(29(23)17-9-10-17)12-32-19-6-4-3-5-18(19)24/h3-8,11,17H,9-10,12-13H2,1-2H3,(H2,25,26,30,31). The molecule has 0 saturated heterocycles. The fraction of sp³-hybridized carbons (Fsp3) is 0.304. The summed E-state index contributed by atoms with van der Waals surface area (Å²) in [6.45, 7) is 4.18. The molecule has 33 heavy (non-hydrogen) atoms. The van der Waals surface area contributed by atoms with Gasteiger partial charge in [0, 0.05) is 11.7 Å². The Balaban J connectivity index is 1.32. The highest BCUT2D eigenvalue weighted by Gasteiger charge is 2.30. The van der Waals surface area contributed by atoms with Gasteiger partial charge in [-0.3, -0.25) is 14.7 Å². The number of halogens is 1. The fourth-order valence-corrected chi connectivity index (χ4v) is 4.20. The van der Waals surface area contributed by atoms with Crippen LogP contribution < -0.4 is 15.4 Å². The molecule has 0 spiro atoms. The van der Waals surface area contributed by atoms with Crippen LogP contribution in [0.4, 0.5) is 10.5 Å². The van der Waals surface area contributed by atoms with Crippen molar-refractivity contribution in [3.8, 4) is 5.75 Å². The minimum atomic E-state index is -0.568. The number of urea groups is 1. The van der Waals surface area contributed by atoms with Crippen molar-refractivity contribution in [2.45, 2.75) is 44.5 Å². The highest BCUT2D eigenvalue weighted by Crippen LogP contribution is 2.39. The van der Waals surface area contributed by atoms with Crippen molar-refractivity contribution in [2.24, 2.45) is 0 Å². The SMILES string of the molecule is Cc1ccc(NC(=O)NC(=O)CSc2nnc(COc3ccccc3Cl)n2C2CC2)cc1C. The van der Waals surface area contributed by atoms with E-state index in [1.807, 2.05) is 42.7 Å². The number of nitrogens with one attached hydrogen (secondary N) is 2. The molecule has 10 heteroatoms.